The van der Waals surface area contributed by atoms with Crippen molar-refractivity contribution in [3.63, 3.8) is 0 Å². The Bertz CT molecular complexity index is 907. The second-order valence-electron chi connectivity index (χ2n) is 5.66. The molecule has 118 valence electrons. The van der Waals surface area contributed by atoms with E-state index in [9.17, 15) is 0 Å². The molecule has 0 atom stereocenters. The molecule has 0 spiro atoms. The Balaban J connectivity index is 1.59. The van der Waals surface area contributed by atoms with Gasteiger partial charge in [0.05, 0.1) is 0 Å². The summed E-state index contributed by atoms with van der Waals surface area (Å²) in [5.41, 5.74) is 0. The summed E-state index contributed by atoms with van der Waals surface area (Å²) in [7, 11) is 0. The van der Waals surface area contributed by atoms with Gasteiger partial charge in [0.2, 0.25) is 0 Å². The van der Waals surface area contributed by atoms with Crippen LogP contribution >= 0.6 is 0 Å². The van der Waals surface area contributed by atoms with E-state index in [0.717, 1.165) is 22.3 Å². The molecule has 4 aromatic carbocycles. The van der Waals surface area contributed by atoms with Crippen molar-refractivity contribution in [2.75, 3.05) is 13.2 Å². The van der Waals surface area contributed by atoms with Crippen molar-refractivity contribution in [2.45, 2.75) is 0 Å². The zero-order chi connectivity index (χ0) is 16.2. The third-order valence-electron chi connectivity index (χ3n) is 4.06. The van der Waals surface area contributed by atoms with Crippen molar-refractivity contribution in [1.29, 1.82) is 0 Å². The van der Waals surface area contributed by atoms with Crippen molar-refractivity contribution in [1.82, 2.24) is 0 Å². The predicted molar refractivity (Wildman–Crippen MR) is 98.9 cm³/mol. The van der Waals surface area contributed by atoms with Gasteiger partial charge in [0, 0.05) is 10.8 Å². The lowest BCUT2D eigenvalue weighted by Gasteiger charge is -2.13. The molecule has 0 heterocycles. The summed E-state index contributed by atoms with van der Waals surface area (Å²) in [5, 5.41) is 4.65. The minimum absolute atomic E-state index is 0.507. The molecule has 0 aliphatic rings. The number of benzene rings is 4. The number of hydrogen-bond donors (Lipinski definition) is 0. The summed E-state index contributed by atoms with van der Waals surface area (Å²) >= 11 is 0. The predicted octanol–water partition coefficient (Wildman–Crippen LogP) is 5.45. The first kappa shape index (κ1) is 14.6. The SMILES string of the molecule is c1ccc(OCCOc2c3ccccc3cc3ccccc23)cc1. The zero-order valence-corrected chi connectivity index (χ0v) is 13.3. The summed E-state index contributed by atoms with van der Waals surface area (Å²) in [6.07, 6.45) is 0. The van der Waals surface area contributed by atoms with Crippen LogP contribution in [0, 0.1) is 0 Å². The van der Waals surface area contributed by atoms with Crippen molar-refractivity contribution in [3.05, 3.63) is 84.9 Å². The molecule has 4 rings (SSSR count). The van der Waals surface area contributed by atoms with E-state index in [0.29, 0.717) is 13.2 Å². The van der Waals surface area contributed by atoms with Crippen molar-refractivity contribution in [2.24, 2.45) is 0 Å². The second-order valence-corrected chi connectivity index (χ2v) is 5.66. The first-order valence-corrected chi connectivity index (χ1v) is 8.13. The van der Waals surface area contributed by atoms with E-state index < -0.39 is 0 Å². The highest BCUT2D eigenvalue weighted by Crippen LogP contribution is 2.34. The van der Waals surface area contributed by atoms with Crippen LogP contribution in [0.25, 0.3) is 21.5 Å². The van der Waals surface area contributed by atoms with Crippen LogP contribution in [-0.4, -0.2) is 13.2 Å². The standard InChI is InChI=1S/C22H18O2/c1-2-10-19(11-3-1)23-14-15-24-22-20-12-6-4-8-17(20)16-18-9-5-7-13-21(18)22/h1-13,16H,14-15H2. The third-order valence-corrected chi connectivity index (χ3v) is 4.06. The zero-order valence-electron chi connectivity index (χ0n) is 13.3. The molecule has 0 radical (unpaired) electrons. The minimum Gasteiger partial charge on any atom is -0.490 e. The molecule has 0 unspecified atom stereocenters. The number of para-hydroxylation sites is 1. The number of hydrogen-bond acceptors (Lipinski definition) is 2. The highest BCUT2D eigenvalue weighted by atomic mass is 16.5. The molecule has 24 heavy (non-hydrogen) atoms. The molecule has 2 nitrogen and oxygen atoms in total. The Hall–Kier alpha value is -3.00. The monoisotopic (exact) mass is 314 g/mol. The van der Waals surface area contributed by atoms with Gasteiger partial charge in [0.1, 0.15) is 24.7 Å². The van der Waals surface area contributed by atoms with E-state index in [1.807, 2.05) is 42.5 Å². The van der Waals surface area contributed by atoms with Crippen LogP contribution in [0.3, 0.4) is 0 Å². The van der Waals surface area contributed by atoms with Gasteiger partial charge in [-0.05, 0) is 29.0 Å². The molecular weight excluding hydrogens is 296 g/mol. The normalized spacial score (nSPS) is 10.8. The van der Waals surface area contributed by atoms with Crippen molar-refractivity contribution < 1.29 is 9.47 Å². The largest absolute Gasteiger partial charge is 0.490 e. The Labute approximate surface area is 141 Å². The molecule has 0 bridgehead atoms. The average Bonchev–Trinajstić information content (AvgIpc) is 2.65. The van der Waals surface area contributed by atoms with Gasteiger partial charge in [0.25, 0.3) is 0 Å². The Morgan fingerprint density at radius 1 is 0.542 bits per heavy atom. The Morgan fingerprint density at radius 3 is 1.75 bits per heavy atom. The van der Waals surface area contributed by atoms with Crippen LogP contribution < -0.4 is 9.47 Å². The van der Waals surface area contributed by atoms with Crippen LogP contribution in [0.4, 0.5) is 0 Å². The lowest BCUT2D eigenvalue weighted by Crippen LogP contribution is -2.09. The Morgan fingerprint density at radius 2 is 1.08 bits per heavy atom. The summed E-state index contributed by atoms with van der Waals surface area (Å²) in [4.78, 5) is 0. The molecule has 0 N–H and O–H groups in total. The summed E-state index contributed by atoms with van der Waals surface area (Å²) in [6.45, 7) is 1.02. The van der Waals surface area contributed by atoms with E-state index >= 15 is 0 Å². The maximum absolute atomic E-state index is 6.13. The molecule has 4 aromatic rings. The van der Waals surface area contributed by atoms with Gasteiger partial charge in [-0.2, -0.15) is 0 Å². The van der Waals surface area contributed by atoms with E-state index in [1.165, 1.54) is 10.8 Å². The van der Waals surface area contributed by atoms with Gasteiger partial charge in [0.15, 0.2) is 0 Å². The number of fused-ring (bicyclic) bond motifs is 2. The van der Waals surface area contributed by atoms with Gasteiger partial charge in [-0.15, -0.1) is 0 Å². The topological polar surface area (TPSA) is 18.5 Å². The van der Waals surface area contributed by atoms with Gasteiger partial charge >= 0.3 is 0 Å². The maximum atomic E-state index is 6.13. The number of ether oxygens (including phenoxy) is 2. The molecule has 0 saturated carbocycles. The van der Waals surface area contributed by atoms with E-state index in [4.69, 9.17) is 9.47 Å². The quantitative estimate of drug-likeness (QED) is 0.360. The van der Waals surface area contributed by atoms with Crippen LogP contribution in [0.5, 0.6) is 11.5 Å². The first-order valence-electron chi connectivity index (χ1n) is 8.13. The fourth-order valence-electron chi connectivity index (χ4n) is 2.95. The summed E-state index contributed by atoms with van der Waals surface area (Å²) in [6, 6.07) is 28.7. The van der Waals surface area contributed by atoms with Gasteiger partial charge < -0.3 is 9.47 Å². The van der Waals surface area contributed by atoms with Crippen molar-refractivity contribution >= 4 is 21.5 Å². The van der Waals surface area contributed by atoms with E-state index in [2.05, 4.69) is 42.5 Å². The van der Waals surface area contributed by atoms with Gasteiger partial charge in [-0.3, -0.25) is 0 Å². The Kier molecular flexibility index (Phi) is 4.03. The average molecular weight is 314 g/mol. The lowest BCUT2D eigenvalue weighted by molar-refractivity contribution is 0.220. The van der Waals surface area contributed by atoms with Gasteiger partial charge in [-0.25, -0.2) is 0 Å². The van der Waals surface area contributed by atoms with Crippen LogP contribution in [-0.2, 0) is 0 Å². The second kappa shape index (κ2) is 6.63. The fourth-order valence-corrected chi connectivity index (χ4v) is 2.95. The lowest BCUT2D eigenvalue weighted by atomic mass is 10.0. The summed E-state index contributed by atoms with van der Waals surface area (Å²) < 4.78 is 11.9. The smallest absolute Gasteiger partial charge is 0.135 e. The van der Waals surface area contributed by atoms with E-state index in [-0.39, 0.29) is 0 Å². The van der Waals surface area contributed by atoms with Crippen molar-refractivity contribution in [3.8, 4) is 11.5 Å². The first-order chi connectivity index (χ1) is 11.9. The molecule has 0 aliphatic carbocycles. The van der Waals surface area contributed by atoms with Gasteiger partial charge in [-0.1, -0.05) is 66.7 Å². The summed E-state index contributed by atoms with van der Waals surface area (Å²) in [5.74, 6) is 1.80. The number of rotatable bonds is 5. The highest BCUT2D eigenvalue weighted by Gasteiger charge is 2.08. The van der Waals surface area contributed by atoms with E-state index in [1.54, 1.807) is 0 Å². The third kappa shape index (κ3) is 2.91. The fraction of sp³-hybridized carbons (Fsp3) is 0.0909. The van der Waals surface area contributed by atoms with Crippen LogP contribution in [0.1, 0.15) is 0 Å². The maximum Gasteiger partial charge on any atom is 0.135 e. The molecule has 2 heteroatoms. The highest BCUT2D eigenvalue weighted by molar-refractivity contribution is 6.05. The molecule has 0 aliphatic heterocycles. The molecule has 0 saturated heterocycles. The molecular formula is C22H18O2. The molecule has 0 amide bonds. The van der Waals surface area contributed by atoms with Crippen LogP contribution in [0.15, 0.2) is 84.9 Å². The molecule has 0 aromatic heterocycles. The van der Waals surface area contributed by atoms with Crippen LogP contribution in [0.2, 0.25) is 0 Å². The molecule has 0 fully saturated rings. The minimum atomic E-state index is 0.507.